The van der Waals surface area contributed by atoms with Gasteiger partial charge in [0.15, 0.2) is 0 Å². The lowest BCUT2D eigenvalue weighted by molar-refractivity contribution is -0.123. The third-order valence-electron chi connectivity index (χ3n) is 4.08. The van der Waals surface area contributed by atoms with E-state index < -0.39 is 5.91 Å². The van der Waals surface area contributed by atoms with E-state index in [1.54, 1.807) is 24.3 Å². The maximum absolute atomic E-state index is 12.2. The van der Waals surface area contributed by atoms with Gasteiger partial charge in [-0.15, -0.1) is 0 Å². The molecule has 0 heterocycles. The van der Waals surface area contributed by atoms with E-state index in [1.807, 2.05) is 25.1 Å². The number of anilines is 3. The Labute approximate surface area is 159 Å². The van der Waals surface area contributed by atoms with Crippen LogP contribution in [0.25, 0.3) is 0 Å². The summed E-state index contributed by atoms with van der Waals surface area (Å²) in [5.41, 5.74) is 3.26. The van der Waals surface area contributed by atoms with Crippen molar-refractivity contribution in [2.75, 3.05) is 28.6 Å². The van der Waals surface area contributed by atoms with Gasteiger partial charge in [-0.25, -0.2) is 0 Å². The minimum atomic E-state index is -0.409. The molecule has 0 atom stereocenters. The molecule has 0 aliphatic rings. The average Bonchev–Trinajstić information content (AvgIpc) is 2.60. The third kappa shape index (κ3) is 5.23. The molecule has 0 saturated carbocycles. The first-order chi connectivity index (χ1) is 12.4. The summed E-state index contributed by atoms with van der Waals surface area (Å²) >= 11 is 6.00. The van der Waals surface area contributed by atoms with Gasteiger partial charge < -0.3 is 15.5 Å². The van der Waals surface area contributed by atoms with E-state index in [-0.39, 0.29) is 12.3 Å². The summed E-state index contributed by atoms with van der Waals surface area (Å²) in [6.07, 6.45) is -0.275. The number of carbonyl (C=O) groups is 2. The number of nitrogens with zero attached hydrogens (tertiary/aromatic N) is 1. The lowest BCUT2D eigenvalue weighted by atomic mass is 10.1. The lowest BCUT2D eigenvalue weighted by Gasteiger charge is -2.22. The Morgan fingerprint density at radius 2 is 1.58 bits per heavy atom. The summed E-state index contributed by atoms with van der Waals surface area (Å²) in [6, 6.07) is 12.8. The van der Waals surface area contributed by atoms with Crippen LogP contribution in [0.2, 0.25) is 5.02 Å². The Morgan fingerprint density at radius 3 is 2.15 bits per heavy atom. The van der Waals surface area contributed by atoms with E-state index >= 15 is 0 Å². The second-order valence-corrected chi connectivity index (χ2v) is 6.33. The van der Waals surface area contributed by atoms with Crippen molar-refractivity contribution in [2.24, 2.45) is 0 Å². The normalized spacial score (nSPS) is 10.3. The van der Waals surface area contributed by atoms with Crippen molar-refractivity contribution in [2.45, 2.75) is 27.2 Å². The van der Waals surface area contributed by atoms with E-state index in [0.717, 1.165) is 24.3 Å². The predicted molar refractivity (Wildman–Crippen MR) is 108 cm³/mol. The molecule has 5 nitrogen and oxygen atoms in total. The van der Waals surface area contributed by atoms with Crippen molar-refractivity contribution < 1.29 is 9.59 Å². The fourth-order valence-electron chi connectivity index (χ4n) is 2.67. The van der Waals surface area contributed by atoms with E-state index in [2.05, 4.69) is 29.4 Å². The number of nitrogens with one attached hydrogen (secondary N) is 2. The van der Waals surface area contributed by atoms with E-state index in [0.29, 0.717) is 16.4 Å². The van der Waals surface area contributed by atoms with Crippen LogP contribution >= 0.6 is 11.6 Å². The summed E-state index contributed by atoms with van der Waals surface area (Å²) in [6.45, 7) is 7.98. The molecule has 138 valence electrons. The molecule has 0 aliphatic carbocycles. The molecule has 26 heavy (non-hydrogen) atoms. The average molecular weight is 374 g/mol. The highest BCUT2D eigenvalue weighted by Crippen LogP contribution is 2.23. The number of hydrogen-bond acceptors (Lipinski definition) is 3. The fraction of sp³-hybridized carbons (Fsp3) is 0.300. The molecule has 0 unspecified atom stereocenters. The summed E-state index contributed by atoms with van der Waals surface area (Å²) < 4.78 is 0. The number of rotatable bonds is 7. The predicted octanol–water partition coefficient (Wildman–Crippen LogP) is 4.46. The SMILES string of the molecule is CCN(CC)c1ccc(NC(=O)CC(=O)Nc2ccccc2Cl)c(C)c1. The van der Waals surface area contributed by atoms with Gasteiger partial charge in [0, 0.05) is 24.5 Å². The molecule has 2 amide bonds. The van der Waals surface area contributed by atoms with Crippen molar-refractivity contribution in [3.8, 4) is 0 Å². The van der Waals surface area contributed by atoms with Crippen molar-refractivity contribution >= 4 is 40.5 Å². The highest BCUT2D eigenvalue weighted by atomic mass is 35.5. The summed E-state index contributed by atoms with van der Waals surface area (Å²) in [5, 5.41) is 5.87. The van der Waals surface area contributed by atoms with Crippen LogP contribution < -0.4 is 15.5 Å². The van der Waals surface area contributed by atoms with Gasteiger partial charge in [0.2, 0.25) is 11.8 Å². The number of halogens is 1. The minimum absolute atomic E-state index is 0.275. The van der Waals surface area contributed by atoms with Gasteiger partial charge in [0.05, 0.1) is 10.7 Å². The van der Waals surface area contributed by atoms with Gasteiger partial charge >= 0.3 is 0 Å². The number of amides is 2. The topological polar surface area (TPSA) is 61.4 Å². The van der Waals surface area contributed by atoms with Crippen LogP contribution in [0, 0.1) is 6.92 Å². The molecule has 0 aromatic heterocycles. The van der Waals surface area contributed by atoms with Crippen molar-refractivity contribution in [1.29, 1.82) is 0 Å². The summed E-state index contributed by atoms with van der Waals surface area (Å²) in [5.74, 6) is -0.777. The van der Waals surface area contributed by atoms with Gasteiger partial charge in [-0.3, -0.25) is 9.59 Å². The first-order valence-corrected chi connectivity index (χ1v) is 9.02. The van der Waals surface area contributed by atoms with Crippen LogP contribution in [0.4, 0.5) is 17.1 Å². The Kier molecular flexibility index (Phi) is 7.04. The van der Waals surface area contributed by atoms with E-state index in [1.165, 1.54) is 0 Å². The van der Waals surface area contributed by atoms with Crippen LogP contribution in [0.1, 0.15) is 25.8 Å². The summed E-state index contributed by atoms with van der Waals surface area (Å²) in [7, 11) is 0. The van der Waals surface area contributed by atoms with Crippen molar-refractivity contribution in [3.63, 3.8) is 0 Å². The third-order valence-corrected chi connectivity index (χ3v) is 4.41. The van der Waals surface area contributed by atoms with Gasteiger partial charge in [-0.1, -0.05) is 23.7 Å². The largest absolute Gasteiger partial charge is 0.372 e. The Balaban J connectivity index is 1.97. The van der Waals surface area contributed by atoms with Crippen LogP contribution in [0.15, 0.2) is 42.5 Å². The molecule has 0 aliphatic heterocycles. The molecule has 0 fully saturated rings. The number of carbonyl (C=O) groups excluding carboxylic acids is 2. The van der Waals surface area contributed by atoms with Crippen molar-refractivity contribution in [1.82, 2.24) is 0 Å². The first-order valence-electron chi connectivity index (χ1n) is 8.64. The van der Waals surface area contributed by atoms with Gasteiger partial charge in [-0.2, -0.15) is 0 Å². The molecule has 2 aromatic carbocycles. The number of benzene rings is 2. The van der Waals surface area contributed by atoms with Crippen LogP contribution in [0.5, 0.6) is 0 Å². The molecule has 2 rings (SSSR count). The van der Waals surface area contributed by atoms with Gasteiger partial charge in [0.1, 0.15) is 6.42 Å². The van der Waals surface area contributed by atoms with Crippen LogP contribution in [-0.2, 0) is 9.59 Å². The zero-order chi connectivity index (χ0) is 19.1. The van der Waals surface area contributed by atoms with Crippen molar-refractivity contribution in [3.05, 3.63) is 53.1 Å². The molecule has 0 saturated heterocycles. The monoisotopic (exact) mass is 373 g/mol. The van der Waals surface area contributed by atoms with Gasteiger partial charge in [0.25, 0.3) is 0 Å². The second-order valence-electron chi connectivity index (χ2n) is 5.92. The number of aryl methyl sites for hydroxylation is 1. The minimum Gasteiger partial charge on any atom is -0.372 e. The maximum atomic E-state index is 12.2. The highest BCUT2D eigenvalue weighted by Gasteiger charge is 2.13. The zero-order valence-electron chi connectivity index (χ0n) is 15.3. The molecule has 6 heteroatoms. The Bertz CT molecular complexity index is 788. The Hall–Kier alpha value is -2.53. The number of para-hydroxylation sites is 1. The number of hydrogen-bond donors (Lipinski definition) is 2. The molecule has 0 bridgehead atoms. The Morgan fingerprint density at radius 1 is 0.962 bits per heavy atom. The van der Waals surface area contributed by atoms with E-state index in [4.69, 9.17) is 11.6 Å². The molecule has 2 N–H and O–H groups in total. The quantitative estimate of drug-likeness (QED) is 0.704. The highest BCUT2D eigenvalue weighted by molar-refractivity contribution is 6.33. The lowest BCUT2D eigenvalue weighted by Crippen LogP contribution is -2.23. The standard InChI is InChI=1S/C20H24ClN3O2/c1-4-24(5-2)15-10-11-17(14(3)12-15)22-19(25)13-20(26)23-18-9-7-6-8-16(18)21/h6-12H,4-5,13H2,1-3H3,(H,22,25)(H,23,26). The molecule has 0 spiro atoms. The second kappa shape index (κ2) is 9.25. The van der Waals surface area contributed by atoms with Gasteiger partial charge in [-0.05, 0) is 56.7 Å². The fourth-order valence-corrected chi connectivity index (χ4v) is 2.85. The first kappa shape index (κ1) is 19.8. The summed E-state index contributed by atoms with van der Waals surface area (Å²) in [4.78, 5) is 26.4. The van der Waals surface area contributed by atoms with Crippen LogP contribution in [-0.4, -0.2) is 24.9 Å². The molecule has 0 radical (unpaired) electrons. The van der Waals surface area contributed by atoms with E-state index in [9.17, 15) is 9.59 Å². The smallest absolute Gasteiger partial charge is 0.233 e. The molecular weight excluding hydrogens is 350 g/mol. The maximum Gasteiger partial charge on any atom is 0.233 e. The van der Waals surface area contributed by atoms with Crippen LogP contribution in [0.3, 0.4) is 0 Å². The molecule has 2 aromatic rings. The zero-order valence-corrected chi connectivity index (χ0v) is 16.1. The molecular formula is C20H24ClN3O2.